The lowest BCUT2D eigenvalue weighted by Crippen LogP contribution is -2.18. The number of allylic oxidation sites excluding steroid dienone is 2. The van der Waals surface area contributed by atoms with Crippen molar-refractivity contribution in [3.8, 4) is 0 Å². The summed E-state index contributed by atoms with van der Waals surface area (Å²) in [5.74, 6) is 2.84. The normalized spacial score (nSPS) is 29.6. The average Bonchev–Trinajstić information content (AvgIpc) is 3.16. The molecular formula is C18H22N2O. The Morgan fingerprint density at radius 2 is 1.81 bits per heavy atom. The van der Waals surface area contributed by atoms with Crippen LogP contribution in [0.25, 0.3) is 0 Å². The number of hydrogen-bond acceptors (Lipinski definition) is 2. The lowest BCUT2D eigenvalue weighted by atomic mass is 9.93. The standard InChI is InChI=1S/C18H22N2O/c21-18(13-3-4-13)20-17-7-5-16(6-8-17)19-11-15-10-12-1-2-14(15)9-12/h1-2,5-8,12-15,19H,3-4,9-11H2,(H,20,21). The number of carbonyl (C=O) groups excluding carboxylic acids is 1. The molecule has 2 fully saturated rings. The van der Waals surface area contributed by atoms with Crippen LogP contribution in [0.15, 0.2) is 36.4 Å². The number of nitrogens with one attached hydrogen (secondary N) is 2. The number of anilines is 2. The van der Waals surface area contributed by atoms with E-state index in [1.807, 2.05) is 12.1 Å². The van der Waals surface area contributed by atoms with E-state index in [1.54, 1.807) is 0 Å². The van der Waals surface area contributed by atoms with Gasteiger partial charge in [0.15, 0.2) is 0 Å². The predicted octanol–water partition coefficient (Wildman–Crippen LogP) is 3.66. The van der Waals surface area contributed by atoms with Gasteiger partial charge in [0, 0.05) is 23.8 Å². The summed E-state index contributed by atoms with van der Waals surface area (Å²) in [6, 6.07) is 8.10. The summed E-state index contributed by atoms with van der Waals surface area (Å²) in [4.78, 5) is 11.7. The number of fused-ring (bicyclic) bond motifs is 2. The quantitative estimate of drug-likeness (QED) is 0.809. The molecule has 0 radical (unpaired) electrons. The first-order valence-corrected chi connectivity index (χ1v) is 8.11. The Morgan fingerprint density at radius 3 is 2.43 bits per heavy atom. The highest BCUT2D eigenvalue weighted by Gasteiger charge is 2.35. The van der Waals surface area contributed by atoms with Crippen LogP contribution in [0.1, 0.15) is 25.7 Å². The first-order chi connectivity index (χ1) is 10.3. The number of amides is 1. The highest BCUT2D eigenvalue weighted by Crippen LogP contribution is 2.43. The van der Waals surface area contributed by atoms with E-state index in [1.165, 1.54) is 12.8 Å². The second-order valence-electron chi connectivity index (χ2n) is 6.76. The molecule has 2 saturated carbocycles. The van der Waals surface area contributed by atoms with E-state index in [2.05, 4.69) is 34.9 Å². The molecule has 2 N–H and O–H groups in total. The summed E-state index contributed by atoms with van der Waals surface area (Å²) in [5.41, 5.74) is 2.05. The second-order valence-corrected chi connectivity index (χ2v) is 6.76. The van der Waals surface area contributed by atoms with E-state index >= 15 is 0 Å². The van der Waals surface area contributed by atoms with Crippen LogP contribution in [0.5, 0.6) is 0 Å². The maximum atomic E-state index is 11.7. The van der Waals surface area contributed by atoms with Crippen molar-refractivity contribution in [2.24, 2.45) is 23.7 Å². The van der Waals surface area contributed by atoms with Crippen LogP contribution in [0, 0.1) is 23.7 Å². The van der Waals surface area contributed by atoms with Crippen LogP contribution in [-0.2, 0) is 4.79 Å². The minimum absolute atomic E-state index is 0.171. The third kappa shape index (κ3) is 2.82. The molecule has 21 heavy (non-hydrogen) atoms. The van der Waals surface area contributed by atoms with Gasteiger partial charge in [-0.05, 0) is 67.7 Å². The summed E-state index contributed by atoms with van der Waals surface area (Å²) < 4.78 is 0. The van der Waals surface area contributed by atoms with Crippen molar-refractivity contribution in [1.82, 2.24) is 0 Å². The highest BCUT2D eigenvalue weighted by molar-refractivity contribution is 5.94. The van der Waals surface area contributed by atoms with Crippen molar-refractivity contribution in [3.05, 3.63) is 36.4 Å². The molecule has 110 valence electrons. The Morgan fingerprint density at radius 1 is 1.05 bits per heavy atom. The number of rotatable bonds is 5. The van der Waals surface area contributed by atoms with Crippen LogP contribution in [0.4, 0.5) is 11.4 Å². The molecule has 3 unspecified atom stereocenters. The maximum absolute atomic E-state index is 11.7. The molecule has 3 atom stereocenters. The van der Waals surface area contributed by atoms with Gasteiger partial charge in [0.25, 0.3) is 0 Å². The molecule has 3 heteroatoms. The topological polar surface area (TPSA) is 41.1 Å². The van der Waals surface area contributed by atoms with Crippen LogP contribution < -0.4 is 10.6 Å². The van der Waals surface area contributed by atoms with E-state index in [9.17, 15) is 4.79 Å². The van der Waals surface area contributed by atoms with Gasteiger partial charge in [-0.3, -0.25) is 4.79 Å². The fourth-order valence-corrected chi connectivity index (χ4v) is 3.64. The van der Waals surface area contributed by atoms with Gasteiger partial charge in [-0.25, -0.2) is 0 Å². The Labute approximate surface area is 125 Å². The molecule has 0 heterocycles. The molecule has 4 rings (SSSR count). The molecule has 3 aliphatic rings. The summed E-state index contributed by atoms with van der Waals surface area (Å²) in [5, 5.41) is 6.51. The minimum atomic E-state index is 0.171. The van der Waals surface area contributed by atoms with Gasteiger partial charge in [-0.1, -0.05) is 12.2 Å². The maximum Gasteiger partial charge on any atom is 0.227 e. The van der Waals surface area contributed by atoms with E-state index in [4.69, 9.17) is 0 Å². The van der Waals surface area contributed by atoms with Crippen LogP contribution in [-0.4, -0.2) is 12.5 Å². The summed E-state index contributed by atoms with van der Waals surface area (Å²) in [7, 11) is 0. The van der Waals surface area contributed by atoms with Gasteiger partial charge in [0.05, 0.1) is 0 Å². The predicted molar refractivity (Wildman–Crippen MR) is 85.1 cm³/mol. The number of hydrogen-bond donors (Lipinski definition) is 2. The van der Waals surface area contributed by atoms with Crippen molar-refractivity contribution in [3.63, 3.8) is 0 Å². The Balaban J connectivity index is 1.29. The smallest absolute Gasteiger partial charge is 0.227 e. The summed E-state index contributed by atoms with van der Waals surface area (Å²) in [6.45, 7) is 1.05. The van der Waals surface area contributed by atoms with Crippen molar-refractivity contribution in [1.29, 1.82) is 0 Å². The highest BCUT2D eigenvalue weighted by atomic mass is 16.2. The van der Waals surface area contributed by atoms with Crippen LogP contribution in [0.3, 0.4) is 0 Å². The van der Waals surface area contributed by atoms with E-state index in [-0.39, 0.29) is 11.8 Å². The van der Waals surface area contributed by atoms with Gasteiger partial charge < -0.3 is 10.6 Å². The third-order valence-electron chi connectivity index (χ3n) is 5.09. The fraction of sp³-hybridized carbons (Fsp3) is 0.500. The first kappa shape index (κ1) is 12.9. The van der Waals surface area contributed by atoms with Gasteiger partial charge in [-0.2, -0.15) is 0 Å². The molecule has 0 aromatic heterocycles. The van der Waals surface area contributed by atoms with E-state index in [0.717, 1.165) is 48.5 Å². The van der Waals surface area contributed by atoms with Gasteiger partial charge in [0.2, 0.25) is 5.91 Å². The Kier molecular flexibility index (Phi) is 3.21. The van der Waals surface area contributed by atoms with Crippen molar-refractivity contribution in [2.75, 3.05) is 17.2 Å². The largest absolute Gasteiger partial charge is 0.385 e. The first-order valence-electron chi connectivity index (χ1n) is 8.11. The van der Waals surface area contributed by atoms with Crippen molar-refractivity contribution < 1.29 is 4.79 Å². The SMILES string of the molecule is O=C(Nc1ccc(NCC2CC3C=CC2C3)cc1)C1CC1. The zero-order valence-electron chi connectivity index (χ0n) is 12.2. The van der Waals surface area contributed by atoms with Crippen LogP contribution in [0.2, 0.25) is 0 Å². The van der Waals surface area contributed by atoms with Gasteiger partial charge in [-0.15, -0.1) is 0 Å². The summed E-state index contributed by atoms with van der Waals surface area (Å²) >= 11 is 0. The minimum Gasteiger partial charge on any atom is -0.385 e. The third-order valence-corrected chi connectivity index (χ3v) is 5.09. The zero-order valence-corrected chi connectivity index (χ0v) is 12.2. The average molecular weight is 282 g/mol. The molecule has 3 aliphatic carbocycles. The van der Waals surface area contributed by atoms with Gasteiger partial charge in [0.1, 0.15) is 0 Å². The second kappa shape index (κ2) is 5.21. The molecule has 0 aliphatic heterocycles. The molecule has 1 amide bonds. The Hall–Kier alpha value is -1.77. The van der Waals surface area contributed by atoms with Gasteiger partial charge >= 0.3 is 0 Å². The lowest BCUT2D eigenvalue weighted by molar-refractivity contribution is -0.117. The van der Waals surface area contributed by atoms with Crippen molar-refractivity contribution >= 4 is 17.3 Å². The fourth-order valence-electron chi connectivity index (χ4n) is 3.64. The number of benzene rings is 1. The molecule has 1 aromatic rings. The zero-order chi connectivity index (χ0) is 14.2. The molecular weight excluding hydrogens is 260 g/mol. The number of carbonyl (C=O) groups is 1. The molecule has 3 nitrogen and oxygen atoms in total. The summed E-state index contributed by atoms with van der Waals surface area (Å²) in [6.07, 6.45) is 9.57. The molecule has 0 spiro atoms. The Bertz CT molecular complexity index is 559. The lowest BCUT2D eigenvalue weighted by Gasteiger charge is -2.19. The molecule has 0 saturated heterocycles. The monoisotopic (exact) mass is 282 g/mol. The van der Waals surface area contributed by atoms with Crippen molar-refractivity contribution in [2.45, 2.75) is 25.7 Å². The molecule has 2 bridgehead atoms. The van der Waals surface area contributed by atoms with Crippen LogP contribution >= 0.6 is 0 Å². The van der Waals surface area contributed by atoms with E-state index in [0.29, 0.717) is 0 Å². The van der Waals surface area contributed by atoms with E-state index < -0.39 is 0 Å². The molecule has 1 aromatic carbocycles.